The molecule has 1 atom stereocenters. The Bertz CT molecular complexity index is 1750. The van der Waals surface area contributed by atoms with Gasteiger partial charge in [-0.1, -0.05) is 103 Å². The van der Waals surface area contributed by atoms with Crippen molar-refractivity contribution in [2.45, 2.75) is 44.7 Å². The lowest BCUT2D eigenvalue weighted by atomic mass is 10.0. The first-order valence-electron chi connectivity index (χ1n) is 14.7. The predicted molar refractivity (Wildman–Crippen MR) is 186 cm³/mol. The highest BCUT2D eigenvalue weighted by molar-refractivity contribution is 7.92. The third-order valence-corrected chi connectivity index (χ3v) is 9.94. The van der Waals surface area contributed by atoms with Crippen molar-refractivity contribution in [1.29, 1.82) is 0 Å². The van der Waals surface area contributed by atoms with E-state index in [-0.39, 0.29) is 29.7 Å². The number of nitrogens with zero attached hydrogens (tertiary/aromatic N) is 2. The molecule has 0 radical (unpaired) electrons. The van der Waals surface area contributed by atoms with E-state index in [0.717, 1.165) is 15.4 Å². The number of sulfonamides is 1. The van der Waals surface area contributed by atoms with Crippen molar-refractivity contribution in [1.82, 2.24) is 10.2 Å². The van der Waals surface area contributed by atoms with Crippen LogP contribution in [0.4, 0.5) is 5.69 Å². The molecule has 0 fully saturated rings. The molecule has 0 spiro atoms. The normalized spacial score (nSPS) is 12.1. The minimum Gasteiger partial charge on any atom is -0.354 e. The number of anilines is 1. The SMILES string of the molecule is Cc1ccc(N(CC(=O)N(Cc2ccc(Cl)cc2Cl)C(Cc2ccccc2)C(=O)NCC(C)C)S(=O)(=O)c2ccc(Cl)cc2)cc1. The van der Waals surface area contributed by atoms with Crippen LogP contribution in [0.3, 0.4) is 0 Å². The number of carbonyl (C=O) groups excluding carboxylic acids is 2. The molecule has 4 rings (SSSR count). The van der Waals surface area contributed by atoms with Crippen molar-refractivity contribution in [3.05, 3.63) is 129 Å². The van der Waals surface area contributed by atoms with Gasteiger partial charge >= 0.3 is 0 Å². The van der Waals surface area contributed by atoms with Gasteiger partial charge in [0.1, 0.15) is 12.6 Å². The molecule has 7 nitrogen and oxygen atoms in total. The van der Waals surface area contributed by atoms with Crippen LogP contribution in [0.1, 0.15) is 30.5 Å². The molecule has 1 N–H and O–H groups in total. The summed E-state index contributed by atoms with van der Waals surface area (Å²) in [6.45, 7) is 5.59. The average molecular weight is 701 g/mol. The second kappa shape index (κ2) is 15.8. The standard InChI is InChI=1S/C35H36Cl3N3O4S/c1-24(2)21-39-35(43)33(19-26-7-5-4-6-8-26)40(22-27-11-12-29(37)20-32(27)38)34(42)23-41(30-15-9-25(3)10-16-30)46(44,45)31-17-13-28(36)14-18-31/h4-18,20,24,33H,19,21-23H2,1-3H3,(H,39,43). The third kappa shape index (κ3) is 9.26. The number of nitrogens with one attached hydrogen (secondary N) is 1. The Kier molecular flexibility index (Phi) is 12.1. The van der Waals surface area contributed by atoms with Crippen molar-refractivity contribution >= 4 is 62.3 Å². The molecule has 0 heterocycles. The number of carbonyl (C=O) groups is 2. The summed E-state index contributed by atoms with van der Waals surface area (Å²) < 4.78 is 29.3. The van der Waals surface area contributed by atoms with Crippen LogP contribution in [0.5, 0.6) is 0 Å². The van der Waals surface area contributed by atoms with Gasteiger partial charge in [-0.2, -0.15) is 0 Å². The first-order valence-corrected chi connectivity index (χ1v) is 17.3. The summed E-state index contributed by atoms with van der Waals surface area (Å²) >= 11 is 18.8. The topological polar surface area (TPSA) is 86.8 Å². The van der Waals surface area contributed by atoms with Gasteiger partial charge in [0.2, 0.25) is 11.8 Å². The lowest BCUT2D eigenvalue weighted by Gasteiger charge is -2.34. The van der Waals surface area contributed by atoms with E-state index < -0.39 is 28.5 Å². The van der Waals surface area contributed by atoms with E-state index >= 15 is 0 Å². The highest BCUT2D eigenvalue weighted by Gasteiger charge is 2.35. The highest BCUT2D eigenvalue weighted by Crippen LogP contribution is 2.28. The third-order valence-electron chi connectivity index (χ3n) is 7.31. The van der Waals surface area contributed by atoms with Crippen molar-refractivity contribution < 1.29 is 18.0 Å². The second-order valence-electron chi connectivity index (χ2n) is 11.4. The van der Waals surface area contributed by atoms with Crippen LogP contribution >= 0.6 is 34.8 Å². The molecule has 0 aliphatic heterocycles. The average Bonchev–Trinajstić information content (AvgIpc) is 3.02. The van der Waals surface area contributed by atoms with Crippen molar-refractivity contribution in [3.8, 4) is 0 Å². The molecule has 0 bridgehead atoms. The van der Waals surface area contributed by atoms with Gasteiger partial charge in [0.05, 0.1) is 10.6 Å². The number of rotatable bonds is 13. The molecule has 4 aromatic carbocycles. The lowest BCUT2D eigenvalue weighted by molar-refractivity contribution is -0.140. The summed E-state index contributed by atoms with van der Waals surface area (Å²) in [6.07, 6.45) is 0.191. The summed E-state index contributed by atoms with van der Waals surface area (Å²) in [6, 6.07) is 25.9. The van der Waals surface area contributed by atoms with Crippen LogP contribution in [-0.4, -0.2) is 44.3 Å². The second-order valence-corrected chi connectivity index (χ2v) is 14.5. The van der Waals surface area contributed by atoms with Crippen LogP contribution in [-0.2, 0) is 32.6 Å². The van der Waals surface area contributed by atoms with Gasteiger partial charge in [-0.3, -0.25) is 13.9 Å². The molecule has 0 aromatic heterocycles. The fraction of sp³-hybridized carbons (Fsp3) is 0.257. The summed E-state index contributed by atoms with van der Waals surface area (Å²) in [5.41, 5.74) is 2.60. The van der Waals surface area contributed by atoms with E-state index in [1.54, 1.807) is 42.5 Å². The first-order chi connectivity index (χ1) is 21.8. The van der Waals surface area contributed by atoms with E-state index in [0.29, 0.717) is 32.9 Å². The molecule has 11 heteroatoms. The Hall–Kier alpha value is -3.56. The van der Waals surface area contributed by atoms with Gasteiger partial charge < -0.3 is 10.2 Å². The Morgan fingerprint density at radius 2 is 1.46 bits per heavy atom. The van der Waals surface area contributed by atoms with Crippen LogP contribution in [0, 0.1) is 12.8 Å². The molecule has 2 amide bonds. The van der Waals surface area contributed by atoms with Gasteiger partial charge in [-0.25, -0.2) is 8.42 Å². The maximum atomic E-state index is 14.5. The highest BCUT2D eigenvalue weighted by atomic mass is 35.5. The Morgan fingerprint density at radius 3 is 2.07 bits per heavy atom. The number of halogens is 3. The molecule has 1 unspecified atom stereocenters. The molecule has 0 aliphatic carbocycles. The number of amides is 2. The maximum absolute atomic E-state index is 14.5. The number of benzene rings is 4. The molecule has 46 heavy (non-hydrogen) atoms. The molecule has 4 aromatic rings. The smallest absolute Gasteiger partial charge is 0.264 e. The zero-order valence-electron chi connectivity index (χ0n) is 25.8. The zero-order valence-corrected chi connectivity index (χ0v) is 28.9. The van der Waals surface area contributed by atoms with Crippen molar-refractivity contribution in [3.63, 3.8) is 0 Å². The molecular weight excluding hydrogens is 665 g/mol. The van der Waals surface area contributed by atoms with Gasteiger partial charge in [0.15, 0.2) is 0 Å². The summed E-state index contributed by atoms with van der Waals surface area (Å²) in [5.74, 6) is -0.791. The monoisotopic (exact) mass is 699 g/mol. The van der Waals surface area contributed by atoms with Crippen molar-refractivity contribution in [2.75, 3.05) is 17.4 Å². The van der Waals surface area contributed by atoms with E-state index in [4.69, 9.17) is 34.8 Å². The Labute approximate surface area is 286 Å². The van der Waals surface area contributed by atoms with Gasteiger partial charge in [-0.05, 0) is 72.5 Å². The maximum Gasteiger partial charge on any atom is 0.264 e. The fourth-order valence-electron chi connectivity index (χ4n) is 4.78. The molecule has 0 aliphatic rings. The van der Waals surface area contributed by atoms with Gasteiger partial charge in [-0.15, -0.1) is 0 Å². The van der Waals surface area contributed by atoms with E-state index in [9.17, 15) is 18.0 Å². The Morgan fingerprint density at radius 1 is 0.826 bits per heavy atom. The van der Waals surface area contributed by atoms with Crippen LogP contribution in [0.25, 0.3) is 0 Å². The van der Waals surface area contributed by atoms with Gasteiger partial charge in [0.25, 0.3) is 10.0 Å². The summed E-state index contributed by atoms with van der Waals surface area (Å²) in [5, 5.41) is 4.08. The number of hydrogen-bond donors (Lipinski definition) is 1. The quantitative estimate of drug-likeness (QED) is 0.156. The summed E-state index contributed by atoms with van der Waals surface area (Å²) in [4.78, 5) is 29.8. The largest absolute Gasteiger partial charge is 0.354 e. The summed E-state index contributed by atoms with van der Waals surface area (Å²) in [7, 11) is -4.24. The van der Waals surface area contributed by atoms with Gasteiger partial charge in [0, 0.05) is 34.6 Å². The number of aryl methyl sites for hydroxylation is 1. The van der Waals surface area contributed by atoms with Crippen molar-refractivity contribution in [2.24, 2.45) is 5.92 Å². The van der Waals surface area contributed by atoms with Crippen LogP contribution in [0.15, 0.2) is 102 Å². The molecule has 0 saturated heterocycles. The zero-order chi connectivity index (χ0) is 33.4. The van der Waals surface area contributed by atoms with E-state index in [1.165, 1.54) is 29.2 Å². The minimum absolute atomic E-state index is 0.0342. The lowest BCUT2D eigenvalue weighted by Crippen LogP contribution is -2.53. The number of hydrogen-bond acceptors (Lipinski definition) is 4. The predicted octanol–water partition coefficient (Wildman–Crippen LogP) is 7.56. The molecule has 242 valence electrons. The molecule has 0 saturated carbocycles. The molecular formula is C35H36Cl3N3O4S. The fourth-order valence-corrected chi connectivity index (χ4v) is 6.79. The van der Waals surface area contributed by atoms with E-state index in [2.05, 4.69) is 5.32 Å². The minimum atomic E-state index is -4.24. The Balaban J connectivity index is 1.81. The first kappa shape index (κ1) is 35.3. The van der Waals surface area contributed by atoms with E-state index in [1.807, 2.05) is 51.1 Å². The van der Waals surface area contributed by atoms with Crippen LogP contribution < -0.4 is 9.62 Å². The van der Waals surface area contributed by atoms with Crippen LogP contribution in [0.2, 0.25) is 15.1 Å².